The van der Waals surface area contributed by atoms with Crippen molar-refractivity contribution < 1.29 is 14.3 Å². The summed E-state index contributed by atoms with van der Waals surface area (Å²) in [6.07, 6.45) is 0. The maximum atomic E-state index is 12.3. The second-order valence-corrected chi connectivity index (χ2v) is 5.57. The number of benzene rings is 1. The first-order chi connectivity index (χ1) is 10.0. The molecule has 1 heterocycles. The smallest absolute Gasteiger partial charge is 0.231 e. The molecule has 1 aliphatic rings. The van der Waals surface area contributed by atoms with Gasteiger partial charge in [-0.2, -0.15) is 0 Å². The predicted octanol–water partition coefficient (Wildman–Crippen LogP) is 0.669. The van der Waals surface area contributed by atoms with Crippen LogP contribution in [0.5, 0.6) is 5.75 Å². The molecule has 0 radical (unpaired) electrons. The van der Waals surface area contributed by atoms with Gasteiger partial charge in [0.2, 0.25) is 5.91 Å². The lowest BCUT2D eigenvalue weighted by Gasteiger charge is -2.17. The number of ether oxygens (including phenoxy) is 2. The maximum absolute atomic E-state index is 12.3. The Morgan fingerprint density at radius 1 is 1.48 bits per heavy atom. The van der Waals surface area contributed by atoms with Gasteiger partial charge in [0.25, 0.3) is 0 Å². The molecular formula is C15H23N3O3. The Labute approximate surface area is 125 Å². The third kappa shape index (κ3) is 3.93. The van der Waals surface area contributed by atoms with E-state index in [0.29, 0.717) is 24.7 Å². The first-order valence-electron chi connectivity index (χ1n) is 6.97. The summed E-state index contributed by atoms with van der Waals surface area (Å²) in [6, 6.07) is 5.53. The van der Waals surface area contributed by atoms with E-state index in [2.05, 4.69) is 10.2 Å². The number of anilines is 1. The highest BCUT2D eigenvalue weighted by Gasteiger charge is 2.31. The van der Waals surface area contributed by atoms with Gasteiger partial charge in [0.1, 0.15) is 5.75 Å². The second-order valence-electron chi connectivity index (χ2n) is 5.57. The van der Waals surface area contributed by atoms with Crippen LogP contribution in [0.3, 0.4) is 0 Å². The van der Waals surface area contributed by atoms with Crippen LogP contribution in [-0.4, -0.2) is 51.3 Å². The van der Waals surface area contributed by atoms with E-state index in [1.165, 1.54) is 0 Å². The highest BCUT2D eigenvalue weighted by Crippen LogP contribution is 2.27. The minimum atomic E-state index is -0.313. The first-order valence-corrected chi connectivity index (χ1v) is 6.97. The Kier molecular flexibility index (Phi) is 5.17. The Hall–Kier alpha value is -1.63. The molecule has 116 valence electrons. The molecule has 2 rings (SSSR count). The number of methoxy groups -OCH3 is 1. The molecule has 6 heteroatoms. The van der Waals surface area contributed by atoms with Crippen molar-refractivity contribution in [2.75, 3.05) is 39.7 Å². The van der Waals surface area contributed by atoms with Crippen molar-refractivity contribution in [1.29, 1.82) is 0 Å². The van der Waals surface area contributed by atoms with Gasteiger partial charge in [0.15, 0.2) is 0 Å². The van der Waals surface area contributed by atoms with Gasteiger partial charge >= 0.3 is 0 Å². The molecule has 1 saturated heterocycles. The molecule has 0 bridgehead atoms. The minimum Gasteiger partial charge on any atom is -0.495 e. The predicted molar refractivity (Wildman–Crippen MR) is 81.3 cm³/mol. The van der Waals surface area contributed by atoms with E-state index in [1.54, 1.807) is 7.11 Å². The highest BCUT2D eigenvalue weighted by molar-refractivity contribution is 5.94. The van der Waals surface area contributed by atoms with Crippen LogP contribution in [-0.2, 0) is 16.1 Å². The van der Waals surface area contributed by atoms with Crippen LogP contribution in [0.2, 0.25) is 0 Å². The van der Waals surface area contributed by atoms with Gasteiger partial charge in [0.05, 0.1) is 31.9 Å². The number of carbonyl (C=O) groups is 1. The quantitative estimate of drug-likeness (QED) is 0.834. The van der Waals surface area contributed by atoms with Crippen molar-refractivity contribution in [2.45, 2.75) is 12.6 Å². The lowest BCUT2D eigenvalue weighted by atomic mass is 10.0. The fourth-order valence-electron chi connectivity index (χ4n) is 2.38. The molecule has 6 nitrogen and oxygen atoms in total. The van der Waals surface area contributed by atoms with Crippen LogP contribution in [0.25, 0.3) is 0 Å². The minimum absolute atomic E-state index is 0.125. The van der Waals surface area contributed by atoms with Gasteiger partial charge in [0, 0.05) is 12.6 Å². The number of hydrogen-bond donors (Lipinski definition) is 2. The molecule has 2 atom stereocenters. The molecule has 1 aromatic carbocycles. The normalized spacial score (nSPS) is 21.6. The number of nitrogens with two attached hydrogens (primary N) is 1. The average molecular weight is 293 g/mol. The van der Waals surface area contributed by atoms with Crippen molar-refractivity contribution in [3.05, 3.63) is 23.8 Å². The van der Waals surface area contributed by atoms with Gasteiger partial charge in [-0.15, -0.1) is 0 Å². The number of hydrogen-bond acceptors (Lipinski definition) is 5. The summed E-state index contributed by atoms with van der Waals surface area (Å²) < 4.78 is 10.5. The zero-order chi connectivity index (χ0) is 15.4. The van der Waals surface area contributed by atoms with Crippen LogP contribution in [0, 0.1) is 5.92 Å². The summed E-state index contributed by atoms with van der Waals surface area (Å²) in [6.45, 7) is 1.58. The number of nitrogens with one attached hydrogen (secondary N) is 1. The molecule has 3 N–H and O–H groups in total. The Bertz CT molecular complexity index is 505. The van der Waals surface area contributed by atoms with Crippen LogP contribution in [0.4, 0.5) is 5.69 Å². The molecule has 0 aromatic heterocycles. The number of carbonyl (C=O) groups excluding carboxylic acids is 1. The summed E-state index contributed by atoms with van der Waals surface area (Å²) in [5.74, 6) is 0.200. The Morgan fingerprint density at radius 2 is 2.24 bits per heavy atom. The van der Waals surface area contributed by atoms with E-state index in [9.17, 15) is 4.79 Å². The maximum Gasteiger partial charge on any atom is 0.231 e. The molecule has 2 unspecified atom stereocenters. The fourth-order valence-corrected chi connectivity index (χ4v) is 2.38. The van der Waals surface area contributed by atoms with Gasteiger partial charge < -0.3 is 25.4 Å². The number of nitrogens with zero attached hydrogens (tertiary/aromatic N) is 1. The third-order valence-electron chi connectivity index (χ3n) is 3.48. The summed E-state index contributed by atoms with van der Waals surface area (Å²) >= 11 is 0. The van der Waals surface area contributed by atoms with E-state index >= 15 is 0 Å². The van der Waals surface area contributed by atoms with Crippen molar-refractivity contribution in [3.8, 4) is 5.75 Å². The average Bonchev–Trinajstić information content (AvgIpc) is 2.84. The van der Waals surface area contributed by atoms with Crippen molar-refractivity contribution in [3.63, 3.8) is 0 Å². The second kappa shape index (κ2) is 6.89. The monoisotopic (exact) mass is 293 g/mol. The van der Waals surface area contributed by atoms with E-state index in [4.69, 9.17) is 15.2 Å². The Morgan fingerprint density at radius 3 is 2.81 bits per heavy atom. The zero-order valence-corrected chi connectivity index (χ0v) is 12.8. The molecule has 1 aromatic rings. The van der Waals surface area contributed by atoms with Crippen molar-refractivity contribution in [2.24, 2.45) is 11.7 Å². The van der Waals surface area contributed by atoms with Gasteiger partial charge in [-0.1, -0.05) is 6.07 Å². The lowest BCUT2D eigenvalue weighted by molar-refractivity contribution is -0.120. The topological polar surface area (TPSA) is 76.8 Å². The summed E-state index contributed by atoms with van der Waals surface area (Å²) in [7, 11) is 5.58. The third-order valence-corrected chi connectivity index (χ3v) is 3.48. The molecule has 1 amide bonds. The molecule has 0 spiro atoms. The number of rotatable bonds is 5. The molecule has 1 aliphatic heterocycles. The molecule has 0 saturated carbocycles. The van der Waals surface area contributed by atoms with Gasteiger partial charge in [-0.25, -0.2) is 0 Å². The van der Waals surface area contributed by atoms with Crippen LogP contribution >= 0.6 is 0 Å². The lowest BCUT2D eigenvalue weighted by Crippen LogP contribution is -2.37. The first kappa shape index (κ1) is 15.8. The molecule has 1 fully saturated rings. The van der Waals surface area contributed by atoms with Crippen LogP contribution in [0.15, 0.2) is 18.2 Å². The van der Waals surface area contributed by atoms with Crippen LogP contribution < -0.4 is 15.8 Å². The summed E-state index contributed by atoms with van der Waals surface area (Å²) in [5.41, 5.74) is 7.64. The molecule has 0 aliphatic carbocycles. The van der Waals surface area contributed by atoms with E-state index in [-0.39, 0.29) is 17.9 Å². The van der Waals surface area contributed by atoms with Gasteiger partial charge in [-0.05, 0) is 31.8 Å². The largest absolute Gasteiger partial charge is 0.495 e. The highest BCUT2D eigenvalue weighted by atomic mass is 16.5. The van der Waals surface area contributed by atoms with E-state index in [0.717, 1.165) is 12.1 Å². The summed E-state index contributed by atoms with van der Waals surface area (Å²) in [5, 5.41) is 2.90. The Balaban J connectivity index is 2.14. The summed E-state index contributed by atoms with van der Waals surface area (Å²) in [4.78, 5) is 14.4. The van der Waals surface area contributed by atoms with E-state index < -0.39 is 0 Å². The van der Waals surface area contributed by atoms with E-state index in [1.807, 2.05) is 32.3 Å². The zero-order valence-electron chi connectivity index (χ0n) is 12.8. The number of amides is 1. The van der Waals surface area contributed by atoms with Gasteiger partial charge in [-0.3, -0.25) is 4.79 Å². The van der Waals surface area contributed by atoms with Crippen LogP contribution in [0.1, 0.15) is 5.56 Å². The molecule has 21 heavy (non-hydrogen) atoms. The SMILES string of the molecule is COc1ccc(CN(C)C)cc1NC(=O)C1COCC1N. The van der Waals surface area contributed by atoms with Crippen molar-refractivity contribution >= 4 is 11.6 Å². The van der Waals surface area contributed by atoms with Crippen molar-refractivity contribution in [1.82, 2.24) is 4.90 Å². The standard InChI is InChI=1S/C15H23N3O3/c1-18(2)7-10-4-5-14(20-3)13(6-10)17-15(19)11-8-21-9-12(11)16/h4-6,11-12H,7-9,16H2,1-3H3,(H,17,19). The molecular weight excluding hydrogens is 270 g/mol. The fraction of sp³-hybridized carbons (Fsp3) is 0.533.